The van der Waals surface area contributed by atoms with Gasteiger partial charge in [0.05, 0.1) is 19.8 Å². The standard InChI is InChI=1S/C6H13O5P/c7-1-4(12)6(2-8,3-9)5(10)11/h4,7-9H,1-3,12H2,(H,10,11). The van der Waals surface area contributed by atoms with E-state index in [0.717, 1.165) is 0 Å². The van der Waals surface area contributed by atoms with E-state index < -0.39 is 36.9 Å². The van der Waals surface area contributed by atoms with Gasteiger partial charge in [0.25, 0.3) is 0 Å². The summed E-state index contributed by atoms with van der Waals surface area (Å²) in [5.41, 5.74) is -2.43. The van der Waals surface area contributed by atoms with Gasteiger partial charge in [0.2, 0.25) is 0 Å². The quantitative estimate of drug-likeness (QED) is 0.392. The van der Waals surface area contributed by atoms with E-state index in [9.17, 15) is 4.79 Å². The summed E-state index contributed by atoms with van der Waals surface area (Å²) >= 11 is 0. The predicted molar refractivity (Wildman–Crippen MR) is 44.8 cm³/mol. The summed E-state index contributed by atoms with van der Waals surface area (Å²) in [5.74, 6) is -1.32. The van der Waals surface area contributed by atoms with Gasteiger partial charge in [-0.05, 0) is 0 Å². The molecule has 0 saturated carbocycles. The summed E-state index contributed by atoms with van der Waals surface area (Å²) in [4.78, 5) is 10.6. The average Bonchev–Trinajstić information content (AvgIpc) is 2.06. The Labute approximate surface area is 72.2 Å². The Hall–Kier alpha value is -0.220. The molecule has 12 heavy (non-hydrogen) atoms. The van der Waals surface area contributed by atoms with Crippen molar-refractivity contribution in [1.29, 1.82) is 0 Å². The largest absolute Gasteiger partial charge is 0.481 e. The third-order valence-corrected chi connectivity index (χ3v) is 2.75. The van der Waals surface area contributed by atoms with Gasteiger partial charge in [-0.15, -0.1) is 9.24 Å². The Bertz CT molecular complexity index is 156. The summed E-state index contributed by atoms with van der Waals surface area (Å²) in [5, 5.41) is 34.9. The zero-order valence-electron chi connectivity index (χ0n) is 6.47. The van der Waals surface area contributed by atoms with Crippen LogP contribution in [-0.4, -0.2) is 51.9 Å². The highest BCUT2D eigenvalue weighted by molar-refractivity contribution is 7.17. The molecule has 0 bridgehead atoms. The zero-order chi connectivity index (χ0) is 9.78. The van der Waals surface area contributed by atoms with Crippen molar-refractivity contribution in [2.75, 3.05) is 19.8 Å². The topological polar surface area (TPSA) is 98.0 Å². The highest BCUT2D eigenvalue weighted by Gasteiger charge is 2.42. The molecule has 0 spiro atoms. The van der Waals surface area contributed by atoms with Gasteiger partial charge in [0.15, 0.2) is 0 Å². The van der Waals surface area contributed by atoms with Gasteiger partial charge in [-0.25, -0.2) is 0 Å². The molecular weight excluding hydrogens is 183 g/mol. The molecular formula is C6H13O5P. The molecule has 0 aromatic carbocycles. The van der Waals surface area contributed by atoms with E-state index in [4.69, 9.17) is 20.4 Å². The lowest BCUT2D eigenvalue weighted by Gasteiger charge is -2.29. The molecule has 0 aliphatic rings. The molecule has 0 aliphatic heterocycles. The minimum Gasteiger partial charge on any atom is -0.481 e. The lowest BCUT2D eigenvalue weighted by atomic mass is 9.86. The van der Waals surface area contributed by atoms with E-state index >= 15 is 0 Å². The minimum atomic E-state index is -1.67. The van der Waals surface area contributed by atoms with Crippen LogP contribution in [0.3, 0.4) is 0 Å². The van der Waals surface area contributed by atoms with E-state index in [0.29, 0.717) is 0 Å². The van der Waals surface area contributed by atoms with Crippen LogP contribution in [0.25, 0.3) is 0 Å². The molecule has 0 heterocycles. The van der Waals surface area contributed by atoms with Crippen molar-refractivity contribution in [3.8, 4) is 0 Å². The van der Waals surface area contributed by atoms with Gasteiger partial charge in [-0.1, -0.05) is 0 Å². The van der Waals surface area contributed by atoms with Crippen LogP contribution in [0.1, 0.15) is 0 Å². The van der Waals surface area contributed by atoms with Crippen LogP contribution in [0, 0.1) is 5.41 Å². The molecule has 0 amide bonds. The van der Waals surface area contributed by atoms with Crippen LogP contribution >= 0.6 is 9.24 Å². The average molecular weight is 196 g/mol. The number of rotatable bonds is 5. The predicted octanol–water partition coefficient (Wildman–Crippen LogP) is -1.72. The maximum absolute atomic E-state index is 10.6. The molecule has 4 N–H and O–H groups in total. The molecule has 0 aromatic heterocycles. The first-order valence-corrected chi connectivity index (χ1v) is 4.03. The lowest BCUT2D eigenvalue weighted by molar-refractivity contribution is -0.155. The highest BCUT2D eigenvalue weighted by Crippen LogP contribution is 2.27. The summed E-state index contributed by atoms with van der Waals surface area (Å²) in [6.45, 7) is -1.82. The molecule has 2 atom stereocenters. The highest BCUT2D eigenvalue weighted by atomic mass is 31.0. The number of carboxylic acid groups (broad SMARTS) is 1. The molecule has 0 saturated heterocycles. The van der Waals surface area contributed by atoms with Crippen molar-refractivity contribution in [3.63, 3.8) is 0 Å². The van der Waals surface area contributed by atoms with Gasteiger partial charge >= 0.3 is 5.97 Å². The van der Waals surface area contributed by atoms with Gasteiger partial charge in [-0.2, -0.15) is 0 Å². The maximum atomic E-state index is 10.6. The number of hydrogen-bond acceptors (Lipinski definition) is 4. The minimum absolute atomic E-state index is 0.419. The van der Waals surface area contributed by atoms with Crippen LogP contribution in [-0.2, 0) is 4.79 Å². The monoisotopic (exact) mass is 196 g/mol. The van der Waals surface area contributed by atoms with Crippen LogP contribution in [0.15, 0.2) is 0 Å². The van der Waals surface area contributed by atoms with Crippen molar-refractivity contribution in [2.45, 2.75) is 5.66 Å². The molecule has 0 radical (unpaired) electrons. The van der Waals surface area contributed by atoms with Crippen molar-refractivity contribution in [2.24, 2.45) is 5.41 Å². The van der Waals surface area contributed by atoms with Gasteiger partial charge in [-0.3, -0.25) is 4.79 Å². The Morgan fingerprint density at radius 3 is 1.83 bits per heavy atom. The Balaban J connectivity index is 4.68. The fourth-order valence-corrected chi connectivity index (χ4v) is 1.11. The van der Waals surface area contributed by atoms with E-state index in [1.54, 1.807) is 0 Å². The number of aliphatic carboxylic acids is 1. The molecule has 2 unspecified atom stereocenters. The first-order valence-electron chi connectivity index (χ1n) is 3.36. The van der Waals surface area contributed by atoms with Gasteiger partial charge in [0.1, 0.15) is 5.41 Å². The second kappa shape index (κ2) is 4.72. The van der Waals surface area contributed by atoms with E-state index in [2.05, 4.69) is 9.24 Å². The second-order valence-electron chi connectivity index (χ2n) is 2.57. The summed E-state index contributed by atoms with van der Waals surface area (Å²) in [6.07, 6.45) is 0. The number of carbonyl (C=O) groups is 1. The SMILES string of the molecule is O=C(O)C(CO)(CO)C(P)CO. The van der Waals surface area contributed by atoms with E-state index in [1.165, 1.54) is 0 Å². The summed E-state index contributed by atoms with van der Waals surface area (Å²) in [6, 6.07) is 0. The Kier molecular flexibility index (Phi) is 4.63. The molecule has 72 valence electrons. The molecule has 0 aliphatic carbocycles. The Morgan fingerprint density at radius 1 is 1.33 bits per heavy atom. The molecule has 6 heteroatoms. The molecule has 0 rings (SSSR count). The van der Waals surface area contributed by atoms with Crippen LogP contribution in [0.5, 0.6) is 0 Å². The van der Waals surface area contributed by atoms with Gasteiger partial charge in [0, 0.05) is 5.66 Å². The molecule has 0 fully saturated rings. The maximum Gasteiger partial charge on any atom is 0.315 e. The van der Waals surface area contributed by atoms with Crippen LogP contribution in [0.4, 0.5) is 0 Å². The number of carboxylic acids is 1. The first-order chi connectivity index (χ1) is 5.55. The van der Waals surface area contributed by atoms with Crippen LogP contribution < -0.4 is 0 Å². The summed E-state index contributed by atoms with van der Waals surface area (Å²) < 4.78 is 0. The Morgan fingerprint density at radius 2 is 1.75 bits per heavy atom. The third kappa shape index (κ3) is 1.93. The fourth-order valence-electron chi connectivity index (χ4n) is 0.753. The smallest absolute Gasteiger partial charge is 0.315 e. The van der Waals surface area contributed by atoms with Crippen LogP contribution in [0.2, 0.25) is 0 Å². The molecule has 0 aromatic rings. The number of hydrogen-bond donors (Lipinski definition) is 4. The van der Waals surface area contributed by atoms with Crippen molar-refractivity contribution in [1.82, 2.24) is 0 Å². The van der Waals surface area contributed by atoms with Gasteiger partial charge < -0.3 is 20.4 Å². The third-order valence-electron chi connectivity index (χ3n) is 1.90. The van der Waals surface area contributed by atoms with E-state index in [-0.39, 0.29) is 0 Å². The number of aliphatic hydroxyl groups is 3. The first kappa shape index (κ1) is 11.8. The number of aliphatic hydroxyl groups excluding tert-OH is 3. The second-order valence-corrected chi connectivity index (χ2v) is 3.37. The normalized spacial score (nSPS) is 14.3. The zero-order valence-corrected chi connectivity index (χ0v) is 7.63. The van der Waals surface area contributed by atoms with Crippen molar-refractivity contribution >= 4 is 15.2 Å². The van der Waals surface area contributed by atoms with Crippen molar-refractivity contribution in [3.05, 3.63) is 0 Å². The summed E-state index contributed by atoms with van der Waals surface area (Å²) in [7, 11) is 2.09. The van der Waals surface area contributed by atoms with E-state index in [1.807, 2.05) is 0 Å². The lowest BCUT2D eigenvalue weighted by Crippen LogP contribution is -2.47. The molecule has 5 nitrogen and oxygen atoms in total. The fraction of sp³-hybridized carbons (Fsp3) is 0.833. The van der Waals surface area contributed by atoms with Crippen molar-refractivity contribution < 1.29 is 25.2 Å².